The lowest BCUT2D eigenvalue weighted by molar-refractivity contribution is -0.725. The molecule has 0 atom stereocenters. The number of anilines is 1. The number of aromatic nitrogens is 4. The predicted molar refractivity (Wildman–Crippen MR) is 71.6 cm³/mol. The van der Waals surface area contributed by atoms with Crippen molar-refractivity contribution in [2.45, 2.75) is 4.90 Å². The SMILES string of the molecule is O=c1[nH][n+](-c2ccc(S(=O)(=O)Nc3nccs3)cc2)no1. The number of thiazole rings is 1. The van der Waals surface area contributed by atoms with E-state index in [1.54, 1.807) is 5.38 Å². The van der Waals surface area contributed by atoms with Crippen molar-refractivity contribution in [3.8, 4) is 5.69 Å². The second-order valence-electron chi connectivity index (χ2n) is 3.82. The molecule has 3 rings (SSSR count). The summed E-state index contributed by atoms with van der Waals surface area (Å²) in [4.78, 5) is 15.9. The van der Waals surface area contributed by atoms with Crippen LogP contribution in [0.25, 0.3) is 5.69 Å². The fraction of sp³-hybridized carbons (Fsp3) is 0. The van der Waals surface area contributed by atoms with Gasteiger partial charge in [-0.3, -0.25) is 4.72 Å². The average Bonchev–Trinajstić information content (AvgIpc) is 3.10. The van der Waals surface area contributed by atoms with Crippen LogP contribution < -0.4 is 15.3 Å². The molecule has 0 bridgehead atoms. The molecule has 0 spiro atoms. The van der Waals surface area contributed by atoms with Gasteiger partial charge in [-0.15, -0.1) is 11.3 Å². The number of aromatic amines is 1. The van der Waals surface area contributed by atoms with Crippen molar-refractivity contribution in [1.29, 1.82) is 0 Å². The lowest BCUT2D eigenvalue weighted by atomic mass is 10.3. The topological polar surface area (TPSA) is 122 Å². The summed E-state index contributed by atoms with van der Waals surface area (Å²) < 4.78 is 30.9. The van der Waals surface area contributed by atoms with Crippen LogP contribution in [0.3, 0.4) is 0 Å². The van der Waals surface area contributed by atoms with Crippen LogP contribution in [0.5, 0.6) is 0 Å². The maximum Gasteiger partial charge on any atom is 0.493 e. The van der Waals surface area contributed by atoms with E-state index in [2.05, 4.69) is 24.6 Å². The zero-order valence-electron chi connectivity index (χ0n) is 10.3. The summed E-state index contributed by atoms with van der Waals surface area (Å²) in [6.45, 7) is 0. The summed E-state index contributed by atoms with van der Waals surface area (Å²) in [5.41, 5.74) is 0.453. The summed E-state index contributed by atoms with van der Waals surface area (Å²) in [6, 6.07) is 5.72. The van der Waals surface area contributed by atoms with Crippen molar-refractivity contribution < 1.29 is 17.7 Å². The molecule has 11 heteroatoms. The number of nitrogens with zero attached hydrogens (tertiary/aromatic N) is 3. The number of hydrogen-bond donors (Lipinski definition) is 2. The Balaban J connectivity index is 1.88. The Labute approximate surface area is 121 Å². The van der Waals surface area contributed by atoms with Crippen LogP contribution >= 0.6 is 11.3 Å². The average molecular weight is 326 g/mol. The largest absolute Gasteiger partial charge is 0.493 e. The molecule has 0 saturated carbocycles. The monoisotopic (exact) mass is 326 g/mol. The Morgan fingerprint density at radius 1 is 1.29 bits per heavy atom. The molecule has 0 fully saturated rings. The molecule has 0 radical (unpaired) electrons. The van der Waals surface area contributed by atoms with Crippen LogP contribution in [0.1, 0.15) is 0 Å². The van der Waals surface area contributed by atoms with Gasteiger partial charge in [0.2, 0.25) is 5.27 Å². The second-order valence-corrected chi connectivity index (χ2v) is 6.40. The first-order valence-electron chi connectivity index (χ1n) is 5.56. The first-order chi connectivity index (χ1) is 10.0. The molecule has 0 saturated heterocycles. The number of sulfonamides is 1. The van der Waals surface area contributed by atoms with E-state index >= 15 is 0 Å². The quantitative estimate of drug-likeness (QED) is 0.646. The van der Waals surface area contributed by atoms with Gasteiger partial charge in [0.05, 0.1) is 9.69 Å². The normalized spacial score (nSPS) is 11.4. The zero-order valence-corrected chi connectivity index (χ0v) is 11.9. The highest BCUT2D eigenvalue weighted by Crippen LogP contribution is 2.18. The van der Waals surface area contributed by atoms with Gasteiger partial charge in [-0.1, -0.05) is 5.10 Å². The molecule has 1 aromatic carbocycles. The molecule has 108 valence electrons. The maximum atomic E-state index is 12.1. The van der Waals surface area contributed by atoms with Crippen LogP contribution in [-0.4, -0.2) is 23.8 Å². The molecule has 0 aliphatic rings. The molecule has 2 aromatic heterocycles. The molecule has 9 nitrogen and oxygen atoms in total. The van der Waals surface area contributed by atoms with Crippen molar-refractivity contribution in [1.82, 2.24) is 15.4 Å². The summed E-state index contributed by atoms with van der Waals surface area (Å²) in [5.74, 6) is -0.711. The van der Waals surface area contributed by atoms with E-state index in [0.717, 1.165) is 4.80 Å². The minimum atomic E-state index is -3.70. The number of H-pyrrole nitrogens is 1. The lowest BCUT2D eigenvalue weighted by Crippen LogP contribution is -2.37. The van der Waals surface area contributed by atoms with Crippen LogP contribution in [-0.2, 0) is 10.0 Å². The molecule has 2 N–H and O–H groups in total. The minimum absolute atomic E-state index is 0.0629. The van der Waals surface area contributed by atoms with Crippen LogP contribution in [0.4, 0.5) is 5.13 Å². The molecule has 0 aliphatic carbocycles. The van der Waals surface area contributed by atoms with E-state index in [4.69, 9.17) is 0 Å². The number of rotatable bonds is 4. The molecule has 21 heavy (non-hydrogen) atoms. The van der Waals surface area contributed by atoms with Crippen LogP contribution in [0.15, 0.2) is 50.1 Å². The molecule has 0 aliphatic heterocycles. The molecule has 0 unspecified atom stereocenters. The van der Waals surface area contributed by atoms with Crippen molar-refractivity contribution in [2.75, 3.05) is 4.72 Å². The van der Waals surface area contributed by atoms with E-state index in [0.29, 0.717) is 5.69 Å². The van der Waals surface area contributed by atoms with Gasteiger partial charge in [-0.2, -0.15) is 0 Å². The number of benzene rings is 1. The second kappa shape index (κ2) is 5.10. The van der Waals surface area contributed by atoms with E-state index < -0.39 is 15.8 Å². The van der Waals surface area contributed by atoms with Crippen LogP contribution in [0, 0.1) is 0 Å². The Hall–Kier alpha value is -2.53. The lowest BCUT2D eigenvalue weighted by Gasteiger charge is -2.04. The van der Waals surface area contributed by atoms with Gasteiger partial charge in [0.1, 0.15) is 0 Å². The fourth-order valence-corrected chi connectivity index (χ4v) is 3.32. The van der Waals surface area contributed by atoms with Gasteiger partial charge in [-0.25, -0.2) is 22.7 Å². The van der Waals surface area contributed by atoms with E-state index in [1.807, 2.05) is 0 Å². The van der Waals surface area contributed by atoms with Gasteiger partial charge < -0.3 is 0 Å². The Kier molecular flexibility index (Phi) is 3.27. The van der Waals surface area contributed by atoms with Crippen LogP contribution in [0.2, 0.25) is 0 Å². The van der Waals surface area contributed by atoms with Crippen molar-refractivity contribution in [3.05, 3.63) is 46.4 Å². The molecule has 2 heterocycles. The molecular formula is C10H8N5O4S2+. The third-order valence-corrected chi connectivity index (χ3v) is 4.62. The number of hydrogen-bond acceptors (Lipinski definition) is 7. The Morgan fingerprint density at radius 3 is 2.62 bits per heavy atom. The standard InChI is InChI=1S/C10H7N5O4S2/c16-10-12-15(14-19-10)7-1-3-8(4-2-7)21(17,18)13-9-11-5-6-20-9/h1-6H,(H-,11,12,13,14,16)/p+1. The maximum absolute atomic E-state index is 12.1. The minimum Gasteiger partial charge on any atom is -0.255 e. The highest BCUT2D eigenvalue weighted by molar-refractivity contribution is 7.93. The number of nitrogens with one attached hydrogen (secondary N) is 2. The highest BCUT2D eigenvalue weighted by atomic mass is 32.2. The molecular weight excluding hydrogens is 318 g/mol. The molecule has 0 amide bonds. The van der Waals surface area contributed by atoms with Crippen molar-refractivity contribution >= 4 is 26.5 Å². The highest BCUT2D eigenvalue weighted by Gasteiger charge is 2.18. The van der Waals surface area contributed by atoms with Gasteiger partial charge >= 0.3 is 5.76 Å². The van der Waals surface area contributed by atoms with Gasteiger partial charge in [0, 0.05) is 23.7 Å². The van der Waals surface area contributed by atoms with Gasteiger partial charge in [0.25, 0.3) is 15.7 Å². The van der Waals surface area contributed by atoms with E-state index in [1.165, 1.54) is 41.8 Å². The fourth-order valence-electron chi connectivity index (χ4n) is 1.53. The predicted octanol–water partition coefficient (Wildman–Crippen LogP) is -0.103. The Morgan fingerprint density at radius 2 is 2.05 bits per heavy atom. The first-order valence-corrected chi connectivity index (χ1v) is 7.92. The van der Waals surface area contributed by atoms with Gasteiger partial charge in [-0.05, 0) is 12.1 Å². The third kappa shape index (κ3) is 2.83. The van der Waals surface area contributed by atoms with Gasteiger partial charge in [0.15, 0.2) is 5.13 Å². The van der Waals surface area contributed by atoms with E-state index in [-0.39, 0.29) is 10.0 Å². The Bertz CT molecular complexity index is 896. The third-order valence-electron chi connectivity index (χ3n) is 2.45. The first kappa shape index (κ1) is 13.5. The van der Waals surface area contributed by atoms with Crippen molar-refractivity contribution in [3.63, 3.8) is 0 Å². The zero-order chi connectivity index (χ0) is 14.9. The summed E-state index contributed by atoms with van der Waals surface area (Å²) in [7, 11) is -3.70. The summed E-state index contributed by atoms with van der Waals surface area (Å²) in [6.07, 6.45) is 1.50. The van der Waals surface area contributed by atoms with Crippen molar-refractivity contribution in [2.24, 2.45) is 0 Å². The van der Waals surface area contributed by atoms with E-state index in [9.17, 15) is 13.2 Å². The molecule has 3 aromatic rings. The smallest absolute Gasteiger partial charge is 0.255 e. The summed E-state index contributed by atoms with van der Waals surface area (Å²) in [5, 5.41) is 7.69. The summed E-state index contributed by atoms with van der Waals surface area (Å²) >= 11 is 1.18.